The maximum absolute atomic E-state index is 11.4. The molecule has 4 nitrogen and oxygen atoms in total. The van der Waals surface area contributed by atoms with Crippen molar-refractivity contribution in [3.8, 4) is 0 Å². The lowest BCUT2D eigenvalue weighted by Gasteiger charge is -2.15. The molecule has 1 unspecified atom stereocenters. The average molecular weight is 271 g/mol. The molecule has 1 amide bonds. The highest BCUT2D eigenvalue weighted by molar-refractivity contribution is 5.75. The predicted molar refractivity (Wildman–Crippen MR) is 77.0 cm³/mol. The molecule has 0 aromatic carbocycles. The minimum absolute atomic E-state index is 0.118. The largest absolute Gasteiger partial charge is 0.481 e. The number of hydrogen-bond donors (Lipinski definition) is 2. The number of unbranched alkanes of at least 4 members (excludes halogenated alkanes) is 3. The van der Waals surface area contributed by atoms with Gasteiger partial charge in [-0.3, -0.25) is 9.59 Å². The maximum Gasteiger partial charge on any atom is 0.306 e. The fourth-order valence-corrected chi connectivity index (χ4v) is 2.08. The van der Waals surface area contributed by atoms with Crippen LogP contribution in [0.2, 0.25) is 0 Å². The molecule has 19 heavy (non-hydrogen) atoms. The van der Waals surface area contributed by atoms with Crippen molar-refractivity contribution in [3.05, 3.63) is 0 Å². The molecule has 0 aliphatic heterocycles. The Labute approximate surface area is 117 Å². The fraction of sp³-hybridized carbons (Fsp3) is 0.867. The Bertz CT molecular complexity index is 264. The molecule has 0 fully saturated rings. The van der Waals surface area contributed by atoms with E-state index in [9.17, 15) is 9.59 Å². The smallest absolute Gasteiger partial charge is 0.306 e. The first kappa shape index (κ1) is 17.9. The average Bonchev–Trinajstić information content (AvgIpc) is 2.32. The molecule has 0 aromatic rings. The summed E-state index contributed by atoms with van der Waals surface area (Å²) >= 11 is 0. The molecular weight excluding hydrogens is 242 g/mol. The van der Waals surface area contributed by atoms with E-state index in [4.69, 9.17) is 5.11 Å². The van der Waals surface area contributed by atoms with E-state index in [2.05, 4.69) is 12.2 Å². The van der Waals surface area contributed by atoms with Gasteiger partial charge in [0, 0.05) is 13.0 Å². The van der Waals surface area contributed by atoms with Crippen LogP contribution in [-0.2, 0) is 9.59 Å². The number of rotatable bonds is 11. The summed E-state index contributed by atoms with van der Waals surface area (Å²) in [6, 6.07) is 0. The quantitative estimate of drug-likeness (QED) is 0.567. The van der Waals surface area contributed by atoms with E-state index in [1.807, 2.05) is 13.8 Å². The van der Waals surface area contributed by atoms with Crippen LogP contribution in [0.5, 0.6) is 0 Å². The summed E-state index contributed by atoms with van der Waals surface area (Å²) in [6.07, 6.45) is 6.19. The van der Waals surface area contributed by atoms with Gasteiger partial charge in [0.2, 0.25) is 5.91 Å². The van der Waals surface area contributed by atoms with Crippen molar-refractivity contribution in [1.82, 2.24) is 5.32 Å². The molecule has 0 spiro atoms. The van der Waals surface area contributed by atoms with Gasteiger partial charge >= 0.3 is 5.97 Å². The Morgan fingerprint density at radius 1 is 1.11 bits per heavy atom. The van der Waals surface area contributed by atoms with Gasteiger partial charge in [0.1, 0.15) is 0 Å². The Hall–Kier alpha value is -1.06. The third kappa shape index (κ3) is 9.51. The van der Waals surface area contributed by atoms with Gasteiger partial charge in [-0.15, -0.1) is 0 Å². The van der Waals surface area contributed by atoms with Gasteiger partial charge in [0.05, 0.1) is 5.92 Å². The van der Waals surface area contributed by atoms with Gasteiger partial charge in [0.15, 0.2) is 0 Å². The molecule has 2 N–H and O–H groups in total. The zero-order valence-electron chi connectivity index (χ0n) is 12.6. The normalized spacial score (nSPS) is 12.4. The fourth-order valence-electron chi connectivity index (χ4n) is 2.08. The topological polar surface area (TPSA) is 66.4 Å². The molecule has 1 atom stereocenters. The highest BCUT2D eigenvalue weighted by Crippen LogP contribution is 2.18. The minimum Gasteiger partial charge on any atom is -0.481 e. The van der Waals surface area contributed by atoms with Gasteiger partial charge in [-0.2, -0.15) is 0 Å². The summed E-state index contributed by atoms with van der Waals surface area (Å²) in [6.45, 7) is 6.66. The Morgan fingerprint density at radius 3 is 2.32 bits per heavy atom. The van der Waals surface area contributed by atoms with Crippen molar-refractivity contribution in [2.75, 3.05) is 6.54 Å². The zero-order chi connectivity index (χ0) is 14.7. The van der Waals surface area contributed by atoms with Gasteiger partial charge in [-0.05, 0) is 25.2 Å². The van der Waals surface area contributed by atoms with E-state index < -0.39 is 5.97 Å². The first-order valence-electron chi connectivity index (χ1n) is 7.48. The van der Waals surface area contributed by atoms with E-state index in [0.29, 0.717) is 19.4 Å². The second kappa shape index (κ2) is 10.8. The molecule has 0 radical (unpaired) electrons. The summed E-state index contributed by atoms with van der Waals surface area (Å²) in [5, 5.41) is 11.9. The molecule has 0 saturated carbocycles. The van der Waals surface area contributed by atoms with Crippen molar-refractivity contribution in [2.24, 2.45) is 11.8 Å². The summed E-state index contributed by atoms with van der Waals surface area (Å²) < 4.78 is 0. The molecule has 0 aromatic heterocycles. The summed E-state index contributed by atoms with van der Waals surface area (Å²) in [7, 11) is 0. The molecule has 0 rings (SSSR count). The van der Waals surface area contributed by atoms with Crippen LogP contribution in [0.25, 0.3) is 0 Å². The number of carbonyl (C=O) groups is 2. The summed E-state index contributed by atoms with van der Waals surface area (Å²) in [5.41, 5.74) is 0. The molecule has 0 aliphatic carbocycles. The molecule has 0 aliphatic rings. The number of carbonyl (C=O) groups excluding carboxylic acids is 1. The van der Waals surface area contributed by atoms with Gasteiger partial charge < -0.3 is 10.4 Å². The van der Waals surface area contributed by atoms with Crippen LogP contribution < -0.4 is 5.32 Å². The van der Waals surface area contributed by atoms with Crippen molar-refractivity contribution in [1.29, 1.82) is 0 Å². The third-order valence-electron chi connectivity index (χ3n) is 3.39. The lowest BCUT2D eigenvalue weighted by atomic mass is 9.91. The number of nitrogens with one attached hydrogen (secondary N) is 1. The van der Waals surface area contributed by atoms with Crippen LogP contribution in [0.15, 0.2) is 0 Å². The molecule has 112 valence electrons. The Morgan fingerprint density at radius 2 is 1.79 bits per heavy atom. The molecule has 0 bridgehead atoms. The van der Waals surface area contributed by atoms with Gasteiger partial charge in [-0.1, -0.05) is 40.0 Å². The standard InChI is InChI=1S/C15H29NO3/c1-4-5-6-10-14(17)16-11-8-7-9-13(12(2)3)15(18)19/h12-13H,4-11H2,1-3H3,(H,16,17)(H,18,19). The van der Waals surface area contributed by atoms with E-state index in [1.54, 1.807) is 0 Å². The van der Waals surface area contributed by atoms with E-state index in [-0.39, 0.29) is 17.7 Å². The lowest BCUT2D eigenvalue weighted by molar-refractivity contribution is -0.143. The van der Waals surface area contributed by atoms with Crippen molar-refractivity contribution in [2.45, 2.75) is 65.7 Å². The van der Waals surface area contributed by atoms with Crippen LogP contribution in [0, 0.1) is 11.8 Å². The number of carboxylic acid groups (broad SMARTS) is 1. The van der Waals surface area contributed by atoms with E-state index in [0.717, 1.165) is 32.1 Å². The monoisotopic (exact) mass is 271 g/mol. The summed E-state index contributed by atoms with van der Waals surface area (Å²) in [4.78, 5) is 22.4. The van der Waals surface area contributed by atoms with Crippen LogP contribution in [0.3, 0.4) is 0 Å². The van der Waals surface area contributed by atoms with Crippen molar-refractivity contribution in [3.63, 3.8) is 0 Å². The number of amides is 1. The molecule has 4 heteroatoms. The number of aliphatic carboxylic acids is 1. The Balaban J connectivity index is 3.58. The SMILES string of the molecule is CCCCCC(=O)NCCCCC(C(=O)O)C(C)C. The predicted octanol–water partition coefficient (Wildman–Crippen LogP) is 3.21. The second-order valence-electron chi connectivity index (χ2n) is 5.49. The van der Waals surface area contributed by atoms with E-state index in [1.165, 1.54) is 0 Å². The second-order valence-corrected chi connectivity index (χ2v) is 5.49. The number of hydrogen-bond acceptors (Lipinski definition) is 2. The van der Waals surface area contributed by atoms with E-state index >= 15 is 0 Å². The first-order chi connectivity index (χ1) is 8.99. The van der Waals surface area contributed by atoms with Gasteiger partial charge in [-0.25, -0.2) is 0 Å². The third-order valence-corrected chi connectivity index (χ3v) is 3.39. The van der Waals surface area contributed by atoms with Gasteiger partial charge in [0.25, 0.3) is 0 Å². The zero-order valence-corrected chi connectivity index (χ0v) is 12.6. The Kier molecular flexibility index (Phi) is 10.2. The molecular formula is C15H29NO3. The highest BCUT2D eigenvalue weighted by Gasteiger charge is 2.20. The molecule has 0 saturated heterocycles. The van der Waals surface area contributed by atoms with Crippen molar-refractivity contribution >= 4 is 11.9 Å². The maximum atomic E-state index is 11.4. The minimum atomic E-state index is -0.710. The van der Waals surface area contributed by atoms with Crippen LogP contribution >= 0.6 is 0 Å². The van der Waals surface area contributed by atoms with Crippen LogP contribution in [0.4, 0.5) is 0 Å². The highest BCUT2D eigenvalue weighted by atomic mass is 16.4. The first-order valence-corrected chi connectivity index (χ1v) is 7.48. The molecule has 0 heterocycles. The summed E-state index contributed by atoms with van der Waals surface area (Å²) in [5.74, 6) is -0.688. The van der Waals surface area contributed by atoms with Crippen molar-refractivity contribution < 1.29 is 14.7 Å². The lowest BCUT2D eigenvalue weighted by Crippen LogP contribution is -2.24. The van der Waals surface area contributed by atoms with Crippen LogP contribution in [0.1, 0.15) is 65.7 Å². The number of carboxylic acids is 1. The van der Waals surface area contributed by atoms with Crippen LogP contribution in [-0.4, -0.2) is 23.5 Å².